The second kappa shape index (κ2) is 10.6. The van der Waals surface area contributed by atoms with Crippen LogP contribution in [0.2, 0.25) is 0 Å². The zero-order valence-electron chi connectivity index (χ0n) is 20.4. The predicted molar refractivity (Wildman–Crippen MR) is 147 cm³/mol. The Morgan fingerprint density at radius 1 is 1.08 bits per heavy atom. The highest BCUT2D eigenvalue weighted by Crippen LogP contribution is 2.36. The number of H-pyrrole nitrogens is 1. The van der Waals surface area contributed by atoms with E-state index in [0.29, 0.717) is 32.0 Å². The van der Waals surface area contributed by atoms with Crippen LogP contribution in [0.5, 0.6) is 0 Å². The van der Waals surface area contributed by atoms with Gasteiger partial charge in [-0.25, -0.2) is 12.7 Å². The Morgan fingerprint density at radius 2 is 1.89 bits per heavy atom. The number of aromatic amines is 1. The molecule has 0 atom stereocenters. The van der Waals surface area contributed by atoms with Crippen molar-refractivity contribution in [3.8, 4) is 11.1 Å². The molecule has 0 spiro atoms. The largest absolute Gasteiger partial charge is 0.361 e. The standard InChI is InChI=1S/C28H31N3O3S2/c1-2-36(33,34)31-12-10-21(11-13-31)26-19-29-27-9-8-23(16-25(26)27)22-6-3-5-20(15-22)18-30-28(32)17-24-7-4-14-35-24/h3-9,14-16,19,21,29H,2,10-13,17-18H2,1H3,(H,30,32). The quantitative estimate of drug-likeness (QED) is 0.331. The van der Waals surface area contributed by atoms with Gasteiger partial charge < -0.3 is 10.3 Å². The second-order valence-corrected chi connectivity index (χ2v) is 12.6. The molecule has 2 N–H and O–H groups in total. The highest BCUT2D eigenvalue weighted by Gasteiger charge is 2.28. The average molecular weight is 522 g/mol. The van der Waals surface area contributed by atoms with Crippen LogP contribution in [0, 0.1) is 0 Å². The normalized spacial score (nSPS) is 15.4. The summed E-state index contributed by atoms with van der Waals surface area (Å²) in [6.07, 6.45) is 4.16. The van der Waals surface area contributed by atoms with Gasteiger partial charge >= 0.3 is 0 Å². The van der Waals surface area contributed by atoms with Crippen LogP contribution in [-0.4, -0.2) is 42.5 Å². The lowest BCUT2D eigenvalue weighted by molar-refractivity contribution is -0.120. The minimum absolute atomic E-state index is 0.0269. The third-order valence-electron chi connectivity index (χ3n) is 7.03. The fraction of sp³-hybridized carbons (Fsp3) is 0.321. The molecule has 1 amide bonds. The number of hydrogen-bond acceptors (Lipinski definition) is 4. The molecule has 1 aliphatic heterocycles. The molecule has 0 radical (unpaired) electrons. The van der Waals surface area contributed by atoms with E-state index >= 15 is 0 Å². The van der Waals surface area contributed by atoms with Gasteiger partial charge in [0.25, 0.3) is 0 Å². The van der Waals surface area contributed by atoms with Gasteiger partial charge in [0, 0.05) is 41.6 Å². The zero-order valence-corrected chi connectivity index (χ0v) is 22.0. The van der Waals surface area contributed by atoms with E-state index < -0.39 is 10.0 Å². The number of nitrogens with one attached hydrogen (secondary N) is 2. The molecule has 0 aliphatic carbocycles. The number of carbonyl (C=O) groups is 1. The van der Waals surface area contributed by atoms with Crippen molar-refractivity contribution in [1.29, 1.82) is 0 Å². The zero-order chi connectivity index (χ0) is 25.1. The highest BCUT2D eigenvalue weighted by atomic mass is 32.2. The average Bonchev–Trinajstić information content (AvgIpc) is 3.57. The van der Waals surface area contributed by atoms with Gasteiger partial charge in [0.15, 0.2) is 0 Å². The van der Waals surface area contributed by atoms with Crippen molar-refractivity contribution in [2.75, 3.05) is 18.8 Å². The molecule has 0 bridgehead atoms. The molecule has 5 rings (SSSR count). The molecular formula is C28H31N3O3S2. The van der Waals surface area contributed by atoms with E-state index in [9.17, 15) is 13.2 Å². The van der Waals surface area contributed by atoms with Crippen molar-refractivity contribution < 1.29 is 13.2 Å². The number of carbonyl (C=O) groups excluding carboxylic acids is 1. The molecule has 1 aliphatic rings. The fourth-order valence-corrected chi connectivity index (χ4v) is 6.82. The lowest BCUT2D eigenvalue weighted by atomic mass is 9.89. The summed E-state index contributed by atoms with van der Waals surface area (Å²) in [5, 5.41) is 6.21. The van der Waals surface area contributed by atoms with Crippen LogP contribution in [0.3, 0.4) is 0 Å². The molecule has 1 fully saturated rings. The SMILES string of the molecule is CCS(=O)(=O)N1CCC(c2c[nH]c3ccc(-c4cccc(CNC(=O)Cc5cccs5)c4)cc23)CC1. The molecule has 2 aromatic heterocycles. The van der Waals surface area contributed by atoms with Crippen molar-refractivity contribution in [1.82, 2.24) is 14.6 Å². The summed E-state index contributed by atoms with van der Waals surface area (Å²) in [5.74, 6) is 0.520. The van der Waals surface area contributed by atoms with Crippen LogP contribution in [0.25, 0.3) is 22.0 Å². The third-order valence-corrected chi connectivity index (χ3v) is 9.79. The van der Waals surface area contributed by atoms with Gasteiger partial charge in [-0.15, -0.1) is 11.3 Å². The summed E-state index contributed by atoms with van der Waals surface area (Å²) < 4.78 is 26.1. The van der Waals surface area contributed by atoms with Crippen LogP contribution in [0.1, 0.15) is 41.7 Å². The lowest BCUT2D eigenvalue weighted by Gasteiger charge is -2.30. The number of amides is 1. The van der Waals surface area contributed by atoms with Gasteiger partial charge in [-0.1, -0.05) is 30.3 Å². The highest BCUT2D eigenvalue weighted by molar-refractivity contribution is 7.89. The Hall–Kier alpha value is -2.94. The van der Waals surface area contributed by atoms with E-state index in [1.807, 2.05) is 29.6 Å². The summed E-state index contributed by atoms with van der Waals surface area (Å²) >= 11 is 1.60. The molecule has 36 heavy (non-hydrogen) atoms. The minimum atomic E-state index is -3.13. The molecule has 1 saturated heterocycles. The second-order valence-electron chi connectivity index (χ2n) is 9.31. The van der Waals surface area contributed by atoms with E-state index in [1.54, 1.807) is 22.6 Å². The molecule has 8 heteroatoms. The Bertz CT molecular complexity index is 1450. The molecule has 0 unspecified atom stereocenters. The first kappa shape index (κ1) is 24.7. The van der Waals surface area contributed by atoms with Crippen molar-refractivity contribution in [3.05, 3.63) is 82.2 Å². The number of fused-ring (bicyclic) bond motifs is 1. The molecule has 3 heterocycles. The summed E-state index contributed by atoms with van der Waals surface area (Å²) in [4.78, 5) is 16.8. The van der Waals surface area contributed by atoms with Crippen molar-refractivity contribution >= 4 is 38.2 Å². The summed E-state index contributed by atoms with van der Waals surface area (Å²) in [6, 6.07) is 18.7. The summed E-state index contributed by atoms with van der Waals surface area (Å²) in [7, 11) is -3.13. The van der Waals surface area contributed by atoms with Gasteiger partial charge in [-0.2, -0.15) is 0 Å². The Morgan fingerprint density at radius 3 is 2.64 bits per heavy atom. The van der Waals surface area contributed by atoms with Crippen LogP contribution < -0.4 is 5.32 Å². The summed E-state index contributed by atoms with van der Waals surface area (Å²) in [6.45, 7) is 3.35. The smallest absolute Gasteiger partial charge is 0.225 e. The molecule has 4 aromatic rings. The molecule has 0 saturated carbocycles. The summed E-state index contributed by atoms with van der Waals surface area (Å²) in [5.41, 5.74) is 5.65. The molecule has 2 aromatic carbocycles. The van der Waals surface area contributed by atoms with Crippen molar-refractivity contribution in [2.24, 2.45) is 0 Å². The van der Waals surface area contributed by atoms with Gasteiger partial charge in [0.05, 0.1) is 12.2 Å². The van der Waals surface area contributed by atoms with Gasteiger partial charge in [-0.05, 0) is 77.6 Å². The number of benzene rings is 2. The van der Waals surface area contributed by atoms with E-state index in [4.69, 9.17) is 0 Å². The van der Waals surface area contributed by atoms with Crippen molar-refractivity contribution in [3.63, 3.8) is 0 Å². The monoisotopic (exact) mass is 521 g/mol. The number of thiophene rings is 1. The first-order chi connectivity index (χ1) is 17.4. The number of rotatable bonds is 8. The molecular weight excluding hydrogens is 490 g/mol. The molecule has 6 nitrogen and oxygen atoms in total. The lowest BCUT2D eigenvalue weighted by Crippen LogP contribution is -2.38. The maximum absolute atomic E-state index is 12.3. The fourth-order valence-electron chi connectivity index (χ4n) is 4.98. The number of aromatic nitrogens is 1. The Labute approximate surface area is 216 Å². The van der Waals surface area contributed by atoms with Crippen LogP contribution in [0.15, 0.2) is 66.2 Å². The van der Waals surface area contributed by atoms with Gasteiger partial charge in [0.2, 0.25) is 15.9 Å². The van der Waals surface area contributed by atoms with E-state index in [0.717, 1.165) is 39.9 Å². The third kappa shape index (κ3) is 5.40. The maximum Gasteiger partial charge on any atom is 0.225 e. The topological polar surface area (TPSA) is 82.3 Å². The predicted octanol–water partition coefficient (Wildman–Crippen LogP) is 5.28. The van der Waals surface area contributed by atoms with Gasteiger partial charge in [0.1, 0.15) is 0 Å². The molecule has 188 valence electrons. The maximum atomic E-state index is 12.3. The van der Waals surface area contributed by atoms with Crippen LogP contribution in [-0.2, 0) is 27.8 Å². The number of sulfonamides is 1. The number of nitrogens with zero attached hydrogens (tertiary/aromatic N) is 1. The van der Waals surface area contributed by atoms with E-state index in [-0.39, 0.29) is 11.7 Å². The van der Waals surface area contributed by atoms with E-state index in [1.165, 1.54) is 10.9 Å². The van der Waals surface area contributed by atoms with Crippen LogP contribution >= 0.6 is 11.3 Å². The number of hydrogen-bond donors (Lipinski definition) is 2. The van der Waals surface area contributed by atoms with E-state index in [2.05, 4.69) is 46.8 Å². The first-order valence-electron chi connectivity index (χ1n) is 12.4. The van der Waals surface area contributed by atoms with Crippen molar-refractivity contribution in [2.45, 2.75) is 38.6 Å². The Balaban J connectivity index is 1.30. The van der Waals surface area contributed by atoms with Crippen LogP contribution in [0.4, 0.5) is 0 Å². The minimum Gasteiger partial charge on any atom is -0.361 e. The Kier molecular flexibility index (Phi) is 7.27. The number of piperidine rings is 1. The first-order valence-corrected chi connectivity index (χ1v) is 14.9. The van der Waals surface area contributed by atoms with Gasteiger partial charge in [-0.3, -0.25) is 4.79 Å².